The second-order valence-electron chi connectivity index (χ2n) is 4.06. The average Bonchev–Trinajstić information content (AvgIpc) is 2.83. The lowest BCUT2D eigenvalue weighted by Crippen LogP contribution is -1.91. The fourth-order valence-corrected chi connectivity index (χ4v) is 1.86. The molecule has 0 saturated carbocycles. The molecule has 6 heteroatoms. The van der Waals surface area contributed by atoms with Crippen LogP contribution in [-0.4, -0.2) is 27.1 Å². The molecule has 0 unspecified atom stereocenters. The first kappa shape index (κ1) is 11.5. The highest BCUT2D eigenvalue weighted by Crippen LogP contribution is 2.29. The van der Waals surface area contributed by atoms with Crippen LogP contribution in [0.4, 0.5) is 10.2 Å². The molecule has 0 amide bonds. The van der Waals surface area contributed by atoms with Gasteiger partial charge in [0.2, 0.25) is 0 Å². The Hall–Kier alpha value is -2.63. The predicted octanol–water partition coefficient (Wildman–Crippen LogP) is 2.51. The Kier molecular flexibility index (Phi) is 2.56. The number of halogens is 1. The minimum Gasteiger partial charge on any atom is -0.507 e. The second kappa shape index (κ2) is 4.24. The lowest BCUT2D eigenvalue weighted by molar-refractivity contribution is 0.475. The summed E-state index contributed by atoms with van der Waals surface area (Å²) in [4.78, 5) is 11.5. The fraction of sp³-hybridized carbons (Fsp3) is 0.0769. The van der Waals surface area contributed by atoms with E-state index >= 15 is 0 Å². The molecular weight excluding hydrogens is 247 g/mol. The molecule has 0 spiro atoms. The summed E-state index contributed by atoms with van der Waals surface area (Å²) in [5, 5.41) is 12.7. The number of nitrogens with one attached hydrogen (secondary N) is 2. The van der Waals surface area contributed by atoms with E-state index in [1.807, 2.05) is 6.07 Å². The molecule has 5 nitrogen and oxygen atoms in total. The van der Waals surface area contributed by atoms with Crippen LogP contribution < -0.4 is 5.32 Å². The normalized spacial score (nSPS) is 10.8. The standard InChI is InChI=1S/C13H11FN4O/c1-15-11-5-3-9-13(17-11)18-12(16-9)8-6-7(14)2-4-10(8)19/h2-6,19H,1H3,(H2,15,16,17,18). The number of aromatic amines is 1. The summed E-state index contributed by atoms with van der Waals surface area (Å²) in [6, 6.07) is 7.34. The number of H-pyrrole nitrogens is 1. The predicted molar refractivity (Wildman–Crippen MR) is 70.5 cm³/mol. The van der Waals surface area contributed by atoms with Crippen LogP contribution in [-0.2, 0) is 0 Å². The number of benzene rings is 1. The highest BCUT2D eigenvalue weighted by atomic mass is 19.1. The molecular formula is C13H11FN4O. The van der Waals surface area contributed by atoms with Crippen molar-refractivity contribution in [2.45, 2.75) is 0 Å². The van der Waals surface area contributed by atoms with Crippen molar-refractivity contribution in [3.63, 3.8) is 0 Å². The molecule has 0 bridgehead atoms. The van der Waals surface area contributed by atoms with Gasteiger partial charge < -0.3 is 15.4 Å². The Balaban J connectivity index is 2.17. The number of nitrogens with zero attached hydrogens (tertiary/aromatic N) is 2. The summed E-state index contributed by atoms with van der Waals surface area (Å²) in [5.74, 6) is 0.605. The third-order valence-electron chi connectivity index (χ3n) is 2.82. The number of imidazole rings is 1. The maximum Gasteiger partial charge on any atom is 0.180 e. The van der Waals surface area contributed by atoms with E-state index in [9.17, 15) is 9.50 Å². The average molecular weight is 258 g/mol. The van der Waals surface area contributed by atoms with Gasteiger partial charge in [-0.1, -0.05) is 0 Å². The number of phenolic OH excluding ortho intramolecular Hbond substituents is 1. The maximum absolute atomic E-state index is 13.2. The molecule has 96 valence electrons. The van der Waals surface area contributed by atoms with Gasteiger partial charge in [0.15, 0.2) is 5.65 Å². The van der Waals surface area contributed by atoms with E-state index < -0.39 is 5.82 Å². The van der Waals surface area contributed by atoms with Crippen LogP contribution in [0.3, 0.4) is 0 Å². The Labute approximate surface area is 108 Å². The summed E-state index contributed by atoms with van der Waals surface area (Å²) in [5.41, 5.74) is 1.53. The van der Waals surface area contributed by atoms with E-state index in [0.29, 0.717) is 22.9 Å². The molecule has 3 aromatic rings. The number of fused-ring (bicyclic) bond motifs is 1. The van der Waals surface area contributed by atoms with Crippen molar-refractivity contribution in [1.82, 2.24) is 15.0 Å². The third-order valence-corrected chi connectivity index (χ3v) is 2.82. The lowest BCUT2D eigenvalue weighted by atomic mass is 10.2. The van der Waals surface area contributed by atoms with Crippen molar-refractivity contribution in [3.8, 4) is 17.1 Å². The number of rotatable bonds is 2. The summed E-state index contributed by atoms with van der Waals surface area (Å²) < 4.78 is 13.2. The number of phenols is 1. The molecule has 0 fully saturated rings. The van der Waals surface area contributed by atoms with E-state index in [1.54, 1.807) is 13.1 Å². The van der Waals surface area contributed by atoms with Gasteiger partial charge in [0, 0.05) is 7.05 Å². The van der Waals surface area contributed by atoms with E-state index in [0.717, 1.165) is 5.52 Å². The molecule has 0 aliphatic heterocycles. The third kappa shape index (κ3) is 1.97. The van der Waals surface area contributed by atoms with Crippen molar-refractivity contribution in [1.29, 1.82) is 0 Å². The SMILES string of the molecule is CNc1ccc2[nH]c(-c3cc(F)ccc3O)nc2n1. The van der Waals surface area contributed by atoms with E-state index in [4.69, 9.17) is 0 Å². The topological polar surface area (TPSA) is 73.8 Å². The van der Waals surface area contributed by atoms with Gasteiger partial charge in [0.05, 0.1) is 11.1 Å². The molecule has 0 atom stereocenters. The molecule has 0 saturated heterocycles. The van der Waals surface area contributed by atoms with Gasteiger partial charge in [-0.3, -0.25) is 0 Å². The number of anilines is 1. The van der Waals surface area contributed by atoms with Crippen molar-refractivity contribution in [2.75, 3.05) is 12.4 Å². The van der Waals surface area contributed by atoms with Crippen LogP contribution in [0.2, 0.25) is 0 Å². The van der Waals surface area contributed by atoms with Crippen LogP contribution in [0.5, 0.6) is 5.75 Å². The Morgan fingerprint density at radius 1 is 1.21 bits per heavy atom. The monoisotopic (exact) mass is 258 g/mol. The molecule has 2 aromatic heterocycles. The smallest absolute Gasteiger partial charge is 0.180 e. The number of hydrogen-bond donors (Lipinski definition) is 3. The highest BCUT2D eigenvalue weighted by Gasteiger charge is 2.11. The zero-order valence-electron chi connectivity index (χ0n) is 10.1. The van der Waals surface area contributed by atoms with Crippen molar-refractivity contribution < 1.29 is 9.50 Å². The molecule has 0 aliphatic carbocycles. The number of aromatic hydroxyl groups is 1. The molecule has 1 aromatic carbocycles. The number of hydrogen-bond acceptors (Lipinski definition) is 4. The first-order valence-electron chi connectivity index (χ1n) is 5.71. The van der Waals surface area contributed by atoms with Crippen molar-refractivity contribution in [2.24, 2.45) is 0 Å². The van der Waals surface area contributed by atoms with Gasteiger partial charge >= 0.3 is 0 Å². The highest BCUT2D eigenvalue weighted by molar-refractivity contribution is 5.78. The first-order chi connectivity index (χ1) is 9.17. The largest absolute Gasteiger partial charge is 0.507 e. The first-order valence-corrected chi connectivity index (χ1v) is 5.71. The van der Waals surface area contributed by atoms with Crippen LogP contribution in [0, 0.1) is 5.82 Å². The Morgan fingerprint density at radius 2 is 2.05 bits per heavy atom. The summed E-state index contributed by atoms with van der Waals surface area (Å²) in [6.07, 6.45) is 0. The molecule has 3 rings (SSSR count). The minimum absolute atomic E-state index is 0.0331. The van der Waals surface area contributed by atoms with Crippen LogP contribution in [0.1, 0.15) is 0 Å². The van der Waals surface area contributed by atoms with Crippen molar-refractivity contribution in [3.05, 3.63) is 36.1 Å². The molecule has 0 radical (unpaired) electrons. The van der Waals surface area contributed by atoms with E-state index in [1.165, 1.54) is 18.2 Å². The maximum atomic E-state index is 13.2. The van der Waals surface area contributed by atoms with E-state index in [-0.39, 0.29) is 5.75 Å². The molecule has 0 aliphatic rings. The van der Waals surface area contributed by atoms with Gasteiger partial charge in [-0.25, -0.2) is 14.4 Å². The summed E-state index contributed by atoms with van der Waals surface area (Å²) in [7, 11) is 1.76. The number of aromatic nitrogens is 3. The molecule has 2 heterocycles. The number of pyridine rings is 1. The molecule has 3 N–H and O–H groups in total. The Morgan fingerprint density at radius 3 is 2.84 bits per heavy atom. The molecule has 19 heavy (non-hydrogen) atoms. The summed E-state index contributed by atoms with van der Waals surface area (Å²) in [6.45, 7) is 0. The lowest BCUT2D eigenvalue weighted by Gasteiger charge is -2.00. The van der Waals surface area contributed by atoms with Gasteiger partial charge in [0.25, 0.3) is 0 Å². The second-order valence-corrected chi connectivity index (χ2v) is 4.06. The van der Waals surface area contributed by atoms with E-state index in [2.05, 4.69) is 20.3 Å². The Bertz CT molecular complexity index is 753. The van der Waals surface area contributed by atoms with Crippen LogP contribution in [0.15, 0.2) is 30.3 Å². The zero-order chi connectivity index (χ0) is 13.4. The van der Waals surface area contributed by atoms with Gasteiger partial charge in [-0.15, -0.1) is 0 Å². The van der Waals surface area contributed by atoms with Crippen LogP contribution >= 0.6 is 0 Å². The van der Waals surface area contributed by atoms with Crippen molar-refractivity contribution >= 4 is 17.0 Å². The fourth-order valence-electron chi connectivity index (χ4n) is 1.86. The van der Waals surface area contributed by atoms with Crippen LogP contribution in [0.25, 0.3) is 22.6 Å². The summed E-state index contributed by atoms with van der Waals surface area (Å²) >= 11 is 0. The van der Waals surface area contributed by atoms with Gasteiger partial charge in [-0.05, 0) is 30.3 Å². The quantitative estimate of drug-likeness (QED) is 0.660. The van der Waals surface area contributed by atoms with Gasteiger partial charge in [0.1, 0.15) is 23.2 Å². The minimum atomic E-state index is -0.433. The zero-order valence-corrected chi connectivity index (χ0v) is 10.1. The van der Waals surface area contributed by atoms with Gasteiger partial charge in [-0.2, -0.15) is 0 Å².